The molecule has 1 atom stereocenters. The van der Waals surface area contributed by atoms with Crippen LogP contribution >= 0.6 is 11.6 Å². The lowest BCUT2D eigenvalue weighted by Crippen LogP contribution is -2.40. The molecule has 1 saturated carbocycles. The van der Waals surface area contributed by atoms with Gasteiger partial charge in [0.25, 0.3) is 0 Å². The summed E-state index contributed by atoms with van der Waals surface area (Å²) in [6, 6.07) is 0.0833. The summed E-state index contributed by atoms with van der Waals surface area (Å²) in [7, 11) is 0. The largest absolute Gasteiger partial charge is 0.271 e. The Bertz CT molecular complexity index is 382. The van der Waals surface area contributed by atoms with E-state index in [0.29, 0.717) is 5.02 Å². The third kappa shape index (κ3) is 2.21. The van der Waals surface area contributed by atoms with E-state index in [4.69, 9.17) is 17.4 Å². The highest BCUT2D eigenvalue weighted by Gasteiger charge is 2.39. The summed E-state index contributed by atoms with van der Waals surface area (Å²) in [5.41, 5.74) is 4.17. The summed E-state index contributed by atoms with van der Waals surface area (Å²) in [4.78, 5) is 0. The van der Waals surface area contributed by atoms with Gasteiger partial charge < -0.3 is 0 Å². The molecule has 0 saturated heterocycles. The van der Waals surface area contributed by atoms with Gasteiger partial charge in [-0.15, -0.1) is 0 Å². The van der Waals surface area contributed by atoms with Gasteiger partial charge in [0.15, 0.2) is 0 Å². The van der Waals surface area contributed by atoms with Crippen LogP contribution in [0.4, 0.5) is 0 Å². The Hall–Kier alpha value is -0.580. The number of aryl methyl sites for hydroxylation is 1. The van der Waals surface area contributed by atoms with Gasteiger partial charge in [-0.3, -0.25) is 16.0 Å². The number of hydrazine groups is 1. The second kappa shape index (κ2) is 4.96. The molecule has 1 aliphatic carbocycles. The molecular weight excluding hydrogens is 236 g/mol. The highest BCUT2D eigenvalue weighted by atomic mass is 35.5. The lowest BCUT2D eigenvalue weighted by Gasteiger charge is -2.34. The molecule has 17 heavy (non-hydrogen) atoms. The van der Waals surface area contributed by atoms with Crippen LogP contribution in [0.25, 0.3) is 0 Å². The zero-order valence-corrected chi connectivity index (χ0v) is 11.3. The van der Waals surface area contributed by atoms with Crippen molar-refractivity contribution in [1.29, 1.82) is 0 Å². The Morgan fingerprint density at radius 1 is 1.59 bits per heavy atom. The molecule has 0 spiro atoms. The first-order chi connectivity index (χ1) is 8.12. The van der Waals surface area contributed by atoms with Crippen LogP contribution in [0, 0.1) is 5.41 Å². The number of rotatable bonds is 4. The van der Waals surface area contributed by atoms with Crippen LogP contribution in [-0.2, 0) is 6.54 Å². The monoisotopic (exact) mass is 256 g/mol. The molecule has 2 rings (SSSR count). The van der Waals surface area contributed by atoms with E-state index in [2.05, 4.69) is 24.4 Å². The fourth-order valence-corrected chi connectivity index (χ4v) is 3.24. The lowest BCUT2D eigenvalue weighted by atomic mass is 9.79. The summed E-state index contributed by atoms with van der Waals surface area (Å²) in [5, 5.41) is 5.01. The second-order valence-electron chi connectivity index (χ2n) is 5.15. The van der Waals surface area contributed by atoms with Crippen LogP contribution in [0.2, 0.25) is 5.02 Å². The number of nitrogens with two attached hydrogens (primary N) is 1. The quantitative estimate of drug-likeness (QED) is 0.643. The van der Waals surface area contributed by atoms with Gasteiger partial charge in [-0.25, -0.2) is 0 Å². The topological polar surface area (TPSA) is 55.9 Å². The third-order valence-electron chi connectivity index (χ3n) is 4.02. The van der Waals surface area contributed by atoms with Gasteiger partial charge in [0, 0.05) is 6.54 Å². The van der Waals surface area contributed by atoms with Crippen molar-refractivity contribution in [2.45, 2.75) is 52.1 Å². The standard InChI is InChI=1S/C12H21ClN4/c1-3-17-10(9(13)8-15-17)11(16-14)12(2)6-4-5-7-12/h8,11,16H,3-7,14H2,1-2H3. The van der Waals surface area contributed by atoms with Crippen LogP contribution in [0.1, 0.15) is 51.3 Å². The predicted octanol–water partition coefficient (Wildman–Crippen LogP) is 2.64. The molecular formula is C12H21ClN4. The van der Waals surface area contributed by atoms with Gasteiger partial charge in [-0.05, 0) is 25.2 Å². The Balaban J connectivity index is 2.37. The summed E-state index contributed by atoms with van der Waals surface area (Å²) in [5.74, 6) is 5.77. The van der Waals surface area contributed by atoms with Gasteiger partial charge in [0.1, 0.15) is 0 Å². The van der Waals surface area contributed by atoms with E-state index in [1.807, 2.05) is 4.68 Å². The van der Waals surface area contributed by atoms with Crippen molar-refractivity contribution < 1.29 is 0 Å². The first-order valence-electron chi connectivity index (χ1n) is 6.29. The highest BCUT2D eigenvalue weighted by Crippen LogP contribution is 2.48. The van der Waals surface area contributed by atoms with Crippen LogP contribution in [0.3, 0.4) is 0 Å². The molecule has 1 aliphatic rings. The zero-order chi connectivity index (χ0) is 12.5. The minimum atomic E-state index is 0.0833. The van der Waals surface area contributed by atoms with Gasteiger partial charge in [0.05, 0.1) is 23.0 Å². The van der Waals surface area contributed by atoms with E-state index in [1.54, 1.807) is 6.20 Å². The van der Waals surface area contributed by atoms with E-state index in [-0.39, 0.29) is 11.5 Å². The van der Waals surface area contributed by atoms with Crippen molar-refractivity contribution in [3.8, 4) is 0 Å². The maximum atomic E-state index is 6.26. The molecule has 3 N–H and O–H groups in total. The summed E-state index contributed by atoms with van der Waals surface area (Å²) >= 11 is 6.26. The number of aromatic nitrogens is 2. The average molecular weight is 257 g/mol. The molecule has 0 aliphatic heterocycles. The number of halogens is 1. The molecule has 1 aromatic heterocycles. The summed E-state index contributed by atoms with van der Waals surface area (Å²) in [6.07, 6.45) is 6.63. The van der Waals surface area contributed by atoms with E-state index < -0.39 is 0 Å². The third-order valence-corrected chi connectivity index (χ3v) is 4.31. The minimum Gasteiger partial charge on any atom is -0.271 e. The first kappa shape index (κ1) is 12.9. The number of nitrogens with zero attached hydrogens (tertiary/aromatic N) is 2. The number of hydrogen-bond donors (Lipinski definition) is 2. The first-order valence-corrected chi connectivity index (χ1v) is 6.67. The van der Waals surface area contributed by atoms with Crippen molar-refractivity contribution >= 4 is 11.6 Å². The fraction of sp³-hybridized carbons (Fsp3) is 0.750. The van der Waals surface area contributed by atoms with Crippen molar-refractivity contribution in [3.63, 3.8) is 0 Å². The fourth-order valence-electron chi connectivity index (χ4n) is 2.99. The Morgan fingerprint density at radius 2 is 2.24 bits per heavy atom. The van der Waals surface area contributed by atoms with Crippen molar-refractivity contribution in [1.82, 2.24) is 15.2 Å². The van der Waals surface area contributed by atoms with Gasteiger partial charge >= 0.3 is 0 Å². The van der Waals surface area contributed by atoms with Crippen LogP contribution < -0.4 is 11.3 Å². The summed E-state index contributed by atoms with van der Waals surface area (Å²) in [6.45, 7) is 5.17. The van der Waals surface area contributed by atoms with E-state index in [0.717, 1.165) is 12.2 Å². The molecule has 1 fully saturated rings. The average Bonchev–Trinajstić information content (AvgIpc) is 2.89. The Labute approximate surface area is 107 Å². The van der Waals surface area contributed by atoms with Crippen molar-refractivity contribution in [2.75, 3.05) is 0 Å². The molecule has 1 aromatic rings. The number of nitrogens with one attached hydrogen (secondary N) is 1. The molecule has 1 heterocycles. The highest BCUT2D eigenvalue weighted by molar-refractivity contribution is 6.31. The van der Waals surface area contributed by atoms with Crippen LogP contribution in [-0.4, -0.2) is 9.78 Å². The summed E-state index contributed by atoms with van der Waals surface area (Å²) < 4.78 is 1.94. The normalized spacial score (nSPS) is 20.7. The van der Waals surface area contributed by atoms with Gasteiger partial charge in [-0.2, -0.15) is 5.10 Å². The van der Waals surface area contributed by atoms with Crippen LogP contribution in [0.5, 0.6) is 0 Å². The van der Waals surface area contributed by atoms with Gasteiger partial charge in [0.2, 0.25) is 0 Å². The maximum absolute atomic E-state index is 6.26. The minimum absolute atomic E-state index is 0.0833. The lowest BCUT2D eigenvalue weighted by molar-refractivity contribution is 0.214. The molecule has 0 aromatic carbocycles. The Morgan fingerprint density at radius 3 is 2.76 bits per heavy atom. The molecule has 96 valence electrons. The smallest absolute Gasteiger partial charge is 0.0834 e. The predicted molar refractivity (Wildman–Crippen MR) is 69.6 cm³/mol. The maximum Gasteiger partial charge on any atom is 0.0834 e. The van der Waals surface area contributed by atoms with Gasteiger partial charge in [-0.1, -0.05) is 31.4 Å². The molecule has 0 radical (unpaired) electrons. The molecule has 4 nitrogen and oxygen atoms in total. The second-order valence-corrected chi connectivity index (χ2v) is 5.56. The number of hydrogen-bond acceptors (Lipinski definition) is 3. The van der Waals surface area contributed by atoms with Crippen LogP contribution in [0.15, 0.2) is 6.20 Å². The van der Waals surface area contributed by atoms with Crippen molar-refractivity contribution in [3.05, 3.63) is 16.9 Å². The molecule has 1 unspecified atom stereocenters. The Kier molecular flexibility index (Phi) is 3.76. The van der Waals surface area contributed by atoms with E-state index in [9.17, 15) is 0 Å². The van der Waals surface area contributed by atoms with E-state index in [1.165, 1.54) is 25.7 Å². The SMILES string of the molecule is CCn1ncc(Cl)c1C(NN)C1(C)CCCC1. The van der Waals surface area contributed by atoms with Crippen molar-refractivity contribution in [2.24, 2.45) is 11.3 Å². The van der Waals surface area contributed by atoms with E-state index >= 15 is 0 Å². The zero-order valence-electron chi connectivity index (χ0n) is 10.5. The molecule has 0 amide bonds. The molecule has 0 bridgehead atoms. The molecule has 5 heteroatoms.